The third-order valence-corrected chi connectivity index (χ3v) is 6.31. The smallest absolute Gasteiger partial charge is 0.186 e. The Morgan fingerprint density at radius 2 is 1.79 bits per heavy atom. The summed E-state index contributed by atoms with van der Waals surface area (Å²) in [5, 5.41) is 22.0. The summed E-state index contributed by atoms with van der Waals surface area (Å²) in [7, 11) is -3.22. The van der Waals surface area contributed by atoms with E-state index in [1.54, 1.807) is 24.3 Å². The molecule has 1 fully saturated rings. The fraction of sp³-hybridized carbons (Fsp3) is 0.286. The van der Waals surface area contributed by atoms with Crippen molar-refractivity contribution < 1.29 is 8.42 Å². The first kappa shape index (κ1) is 18.4. The van der Waals surface area contributed by atoms with Gasteiger partial charge in [-0.25, -0.2) is 8.42 Å². The summed E-state index contributed by atoms with van der Waals surface area (Å²) < 4.78 is 23.3. The molecule has 0 radical (unpaired) electrons. The van der Waals surface area contributed by atoms with Crippen LogP contribution in [0.5, 0.6) is 0 Å². The van der Waals surface area contributed by atoms with Crippen LogP contribution >= 0.6 is 0 Å². The van der Waals surface area contributed by atoms with Crippen molar-refractivity contribution in [2.75, 3.05) is 11.6 Å². The highest BCUT2D eigenvalue weighted by molar-refractivity contribution is 7.90. The number of nitrogens with zero attached hydrogens (tertiary/aromatic N) is 3. The molecule has 0 bridgehead atoms. The Morgan fingerprint density at radius 3 is 2.39 bits per heavy atom. The molecule has 7 heteroatoms. The Kier molecular flexibility index (Phi) is 4.52. The van der Waals surface area contributed by atoms with Gasteiger partial charge >= 0.3 is 0 Å². The second kappa shape index (κ2) is 6.88. The zero-order valence-electron chi connectivity index (χ0n) is 15.7. The highest BCUT2D eigenvalue weighted by atomic mass is 32.2. The molecule has 0 saturated heterocycles. The van der Waals surface area contributed by atoms with Crippen LogP contribution in [0.1, 0.15) is 25.5 Å². The SMILES string of the molecule is CC(Nc1c(C#N)nnc2cc(-c3ccc(S(C)(=O)=O)cc3)ccc12)C1CC1. The molecular weight excluding hydrogens is 372 g/mol. The lowest BCUT2D eigenvalue weighted by Crippen LogP contribution is -2.19. The molecule has 6 nitrogen and oxygen atoms in total. The summed E-state index contributed by atoms with van der Waals surface area (Å²) in [6.07, 6.45) is 3.61. The van der Waals surface area contributed by atoms with E-state index in [-0.39, 0.29) is 10.9 Å². The maximum atomic E-state index is 11.6. The van der Waals surface area contributed by atoms with Gasteiger partial charge in [0.2, 0.25) is 0 Å². The van der Waals surface area contributed by atoms with Crippen molar-refractivity contribution >= 4 is 26.4 Å². The number of aromatic nitrogens is 2. The molecule has 1 N–H and O–H groups in total. The second-order valence-corrected chi connectivity index (χ2v) is 9.35. The first-order valence-electron chi connectivity index (χ1n) is 9.14. The van der Waals surface area contributed by atoms with E-state index in [0.717, 1.165) is 22.2 Å². The summed E-state index contributed by atoms with van der Waals surface area (Å²) in [5.74, 6) is 0.641. The molecule has 1 atom stereocenters. The highest BCUT2D eigenvalue weighted by Crippen LogP contribution is 2.36. The monoisotopic (exact) mass is 392 g/mol. The molecule has 1 aromatic heterocycles. The molecule has 1 heterocycles. The molecular formula is C21H20N4O2S. The van der Waals surface area contributed by atoms with Gasteiger partial charge in [-0.15, -0.1) is 10.2 Å². The van der Waals surface area contributed by atoms with Gasteiger partial charge < -0.3 is 5.32 Å². The van der Waals surface area contributed by atoms with Crippen LogP contribution in [0.4, 0.5) is 5.69 Å². The van der Waals surface area contributed by atoms with Crippen LogP contribution in [0.15, 0.2) is 47.4 Å². The van der Waals surface area contributed by atoms with Crippen molar-refractivity contribution in [3.8, 4) is 17.2 Å². The number of nitrogens with one attached hydrogen (secondary N) is 1. The molecule has 1 aliphatic rings. The average molecular weight is 392 g/mol. The number of rotatable bonds is 5. The lowest BCUT2D eigenvalue weighted by atomic mass is 10.0. The number of anilines is 1. The molecule has 142 valence electrons. The third kappa shape index (κ3) is 3.56. The van der Waals surface area contributed by atoms with Crippen LogP contribution in [0.25, 0.3) is 22.0 Å². The zero-order chi connectivity index (χ0) is 19.9. The van der Waals surface area contributed by atoms with Gasteiger partial charge in [-0.2, -0.15) is 5.26 Å². The van der Waals surface area contributed by atoms with Gasteiger partial charge in [0.05, 0.1) is 16.1 Å². The lowest BCUT2D eigenvalue weighted by Gasteiger charge is -2.17. The van der Waals surface area contributed by atoms with Crippen LogP contribution in [0.2, 0.25) is 0 Å². The van der Waals surface area contributed by atoms with E-state index in [4.69, 9.17) is 0 Å². The van der Waals surface area contributed by atoms with E-state index in [0.29, 0.717) is 17.1 Å². The largest absolute Gasteiger partial charge is 0.379 e. The molecule has 0 spiro atoms. The Bertz CT molecular complexity index is 1190. The van der Waals surface area contributed by atoms with E-state index >= 15 is 0 Å². The molecule has 3 aromatic rings. The fourth-order valence-corrected chi connectivity index (χ4v) is 3.98. The summed E-state index contributed by atoms with van der Waals surface area (Å²) >= 11 is 0. The number of hydrogen-bond donors (Lipinski definition) is 1. The average Bonchev–Trinajstić information content (AvgIpc) is 3.52. The molecule has 0 aliphatic heterocycles. The lowest BCUT2D eigenvalue weighted by molar-refractivity contribution is 0.602. The minimum Gasteiger partial charge on any atom is -0.379 e. The third-order valence-electron chi connectivity index (χ3n) is 5.18. The maximum absolute atomic E-state index is 11.6. The van der Waals surface area contributed by atoms with Crippen molar-refractivity contribution in [2.45, 2.75) is 30.7 Å². The molecule has 1 saturated carbocycles. The van der Waals surface area contributed by atoms with Gasteiger partial charge in [0, 0.05) is 17.7 Å². The van der Waals surface area contributed by atoms with E-state index < -0.39 is 9.84 Å². The summed E-state index contributed by atoms with van der Waals surface area (Å²) in [6.45, 7) is 2.13. The van der Waals surface area contributed by atoms with Gasteiger partial charge in [0.25, 0.3) is 0 Å². The maximum Gasteiger partial charge on any atom is 0.186 e. The number of benzene rings is 2. The van der Waals surface area contributed by atoms with Crippen molar-refractivity contribution in [1.29, 1.82) is 5.26 Å². The van der Waals surface area contributed by atoms with Gasteiger partial charge in [-0.1, -0.05) is 18.2 Å². The molecule has 28 heavy (non-hydrogen) atoms. The Hall–Kier alpha value is -2.98. The standard InChI is InChI=1S/C21H20N4O2S/c1-13(14-3-4-14)23-21-18-10-7-16(11-19(18)24-25-20(21)12-22)15-5-8-17(9-6-15)28(2,26)27/h5-11,13-14H,3-4H2,1-2H3,(H,23,24). The van der Waals surface area contributed by atoms with E-state index in [9.17, 15) is 13.7 Å². The van der Waals surface area contributed by atoms with Crippen molar-refractivity contribution in [2.24, 2.45) is 5.92 Å². The van der Waals surface area contributed by atoms with Crippen molar-refractivity contribution in [3.05, 3.63) is 48.2 Å². The van der Waals surface area contributed by atoms with Crippen LogP contribution in [-0.2, 0) is 9.84 Å². The van der Waals surface area contributed by atoms with Crippen LogP contribution in [-0.4, -0.2) is 30.9 Å². The number of nitriles is 1. The van der Waals surface area contributed by atoms with Crippen LogP contribution in [0, 0.1) is 17.2 Å². The topological polar surface area (TPSA) is 95.7 Å². The number of sulfone groups is 1. The van der Waals surface area contributed by atoms with E-state index in [2.05, 4.69) is 28.5 Å². The summed E-state index contributed by atoms with van der Waals surface area (Å²) in [6, 6.07) is 15.0. The van der Waals surface area contributed by atoms with Crippen molar-refractivity contribution in [3.63, 3.8) is 0 Å². The predicted molar refractivity (Wildman–Crippen MR) is 109 cm³/mol. The normalized spacial score (nSPS) is 15.2. The van der Waals surface area contributed by atoms with E-state index in [1.807, 2.05) is 18.2 Å². The van der Waals surface area contributed by atoms with Crippen LogP contribution < -0.4 is 5.32 Å². The Labute approximate surface area is 164 Å². The Balaban J connectivity index is 1.74. The Morgan fingerprint density at radius 1 is 1.11 bits per heavy atom. The number of fused-ring (bicyclic) bond motifs is 1. The molecule has 1 aliphatic carbocycles. The van der Waals surface area contributed by atoms with Gasteiger partial charge in [-0.3, -0.25) is 0 Å². The fourth-order valence-electron chi connectivity index (χ4n) is 3.35. The zero-order valence-corrected chi connectivity index (χ0v) is 16.5. The van der Waals surface area contributed by atoms with E-state index in [1.165, 1.54) is 19.1 Å². The number of hydrogen-bond acceptors (Lipinski definition) is 6. The first-order chi connectivity index (χ1) is 13.4. The van der Waals surface area contributed by atoms with Crippen molar-refractivity contribution in [1.82, 2.24) is 10.2 Å². The minimum atomic E-state index is -3.22. The minimum absolute atomic E-state index is 0.280. The van der Waals surface area contributed by atoms with Crippen LogP contribution in [0.3, 0.4) is 0 Å². The van der Waals surface area contributed by atoms with Gasteiger partial charge in [0.1, 0.15) is 6.07 Å². The second-order valence-electron chi connectivity index (χ2n) is 7.33. The first-order valence-corrected chi connectivity index (χ1v) is 11.0. The molecule has 2 aromatic carbocycles. The van der Waals surface area contributed by atoms with Gasteiger partial charge in [-0.05, 0) is 61.1 Å². The molecule has 4 rings (SSSR count). The summed E-state index contributed by atoms with van der Waals surface area (Å²) in [5.41, 5.74) is 3.51. The molecule has 0 amide bonds. The highest BCUT2D eigenvalue weighted by Gasteiger charge is 2.29. The predicted octanol–water partition coefficient (Wildman–Crippen LogP) is 3.78. The summed E-state index contributed by atoms with van der Waals surface area (Å²) in [4.78, 5) is 0.288. The quantitative estimate of drug-likeness (QED) is 0.710. The van der Waals surface area contributed by atoms with Gasteiger partial charge in [0.15, 0.2) is 15.5 Å². The molecule has 1 unspecified atom stereocenters.